The summed E-state index contributed by atoms with van der Waals surface area (Å²) in [5.74, 6) is -0.462. The van der Waals surface area contributed by atoms with E-state index in [0.29, 0.717) is 42.0 Å². The second-order valence-corrected chi connectivity index (χ2v) is 12.1. The van der Waals surface area contributed by atoms with Crippen molar-refractivity contribution in [1.29, 1.82) is 0 Å². The molecule has 1 fully saturated rings. The average molecular weight is 639 g/mol. The number of anilines is 1. The van der Waals surface area contributed by atoms with Gasteiger partial charge < -0.3 is 34.0 Å². The van der Waals surface area contributed by atoms with Crippen LogP contribution in [-0.4, -0.2) is 92.2 Å². The van der Waals surface area contributed by atoms with Crippen LogP contribution in [0.4, 0.5) is 10.1 Å². The van der Waals surface area contributed by atoms with Gasteiger partial charge in [-0.15, -0.1) is 0 Å². The number of hydrogen-bond acceptors (Lipinski definition) is 9. The van der Waals surface area contributed by atoms with Crippen LogP contribution in [0, 0.1) is 5.82 Å². The predicted molar refractivity (Wildman–Crippen MR) is 179 cm³/mol. The van der Waals surface area contributed by atoms with Gasteiger partial charge in [0.25, 0.3) is 5.91 Å². The highest BCUT2D eigenvalue weighted by atomic mass is 19.1. The van der Waals surface area contributed by atoms with Crippen LogP contribution < -0.4 is 20.8 Å². The van der Waals surface area contributed by atoms with Crippen molar-refractivity contribution in [2.45, 2.75) is 12.8 Å². The van der Waals surface area contributed by atoms with Gasteiger partial charge in [0, 0.05) is 62.3 Å². The van der Waals surface area contributed by atoms with E-state index >= 15 is 4.39 Å². The number of aromatic nitrogens is 1. The molecule has 5 heterocycles. The molecular weight excluding hydrogens is 603 g/mol. The third-order valence-corrected chi connectivity index (χ3v) is 9.10. The number of rotatable bonds is 10. The molecule has 3 aliphatic heterocycles. The third kappa shape index (κ3) is 5.47. The molecule has 0 spiro atoms. The van der Waals surface area contributed by atoms with Gasteiger partial charge in [-0.05, 0) is 37.6 Å². The van der Waals surface area contributed by atoms with Crippen LogP contribution in [-0.2, 0) is 4.74 Å². The van der Waals surface area contributed by atoms with Gasteiger partial charge in [-0.25, -0.2) is 4.39 Å². The molecule has 0 radical (unpaired) electrons. The van der Waals surface area contributed by atoms with Crippen LogP contribution >= 0.6 is 0 Å². The lowest BCUT2D eigenvalue weighted by Crippen LogP contribution is -2.37. The van der Waals surface area contributed by atoms with Crippen LogP contribution in [0.5, 0.6) is 11.5 Å². The molecule has 3 aliphatic rings. The number of para-hydroxylation sites is 1. The number of ether oxygens (including phenoxy) is 2. The Hall–Kier alpha value is -4.94. The number of nitrogens with one attached hydrogen (secondary N) is 2. The summed E-state index contributed by atoms with van der Waals surface area (Å²) in [6.45, 7) is 7.31. The van der Waals surface area contributed by atoms with E-state index in [0.717, 1.165) is 75.3 Å². The summed E-state index contributed by atoms with van der Waals surface area (Å²) in [6.07, 6.45) is 4.83. The smallest absolute Gasteiger partial charge is 0.256 e. The Morgan fingerprint density at radius 3 is 2.66 bits per heavy atom. The summed E-state index contributed by atoms with van der Waals surface area (Å²) in [4.78, 5) is 35.9. The lowest BCUT2D eigenvalue weighted by atomic mass is 10.0. The predicted octanol–water partition coefficient (Wildman–Crippen LogP) is 4.73. The van der Waals surface area contributed by atoms with Crippen molar-refractivity contribution < 1.29 is 23.1 Å². The molecule has 0 aliphatic carbocycles. The number of carbonyl (C=O) groups is 1. The van der Waals surface area contributed by atoms with Gasteiger partial charge in [-0.2, -0.15) is 0 Å². The Morgan fingerprint density at radius 2 is 1.81 bits per heavy atom. The number of morpholine rings is 1. The highest BCUT2D eigenvalue weighted by Crippen LogP contribution is 2.47. The summed E-state index contributed by atoms with van der Waals surface area (Å²) in [5, 5.41) is 7.96. The van der Waals surface area contributed by atoms with Gasteiger partial charge in [-0.3, -0.25) is 19.5 Å². The van der Waals surface area contributed by atoms with Gasteiger partial charge in [-0.1, -0.05) is 18.2 Å². The number of aliphatic imine (C=N–C) groups is 1. The van der Waals surface area contributed by atoms with E-state index in [2.05, 4.69) is 25.4 Å². The number of amides is 1. The summed E-state index contributed by atoms with van der Waals surface area (Å²) < 4.78 is 35.8. The number of benzene rings is 3. The lowest BCUT2D eigenvalue weighted by molar-refractivity contribution is 0.0378. The van der Waals surface area contributed by atoms with Crippen molar-refractivity contribution >= 4 is 50.8 Å². The number of carbonyl (C=O) groups excluding carboxylic acids is 1. The Bertz CT molecular complexity index is 2100. The summed E-state index contributed by atoms with van der Waals surface area (Å²) >= 11 is 0. The molecule has 47 heavy (non-hydrogen) atoms. The van der Waals surface area contributed by atoms with Gasteiger partial charge in [0.1, 0.15) is 27.9 Å². The van der Waals surface area contributed by atoms with Crippen LogP contribution in [0.25, 0.3) is 38.5 Å². The number of nitrogens with zero attached hydrogens (tertiary/aromatic N) is 4. The van der Waals surface area contributed by atoms with E-state index < -0.39 is 17.2 Å². The Morgan fingerprint density at radius 1 is 0.957 bits per heavy atom. The average Bonchev–Trinajstić information content (AvgIpc) is 3.74. The van der Waals surface area contributed by atoms with E-state index in [9.17, 15) is 9.59 Å². The number of halogens is 1. The van der Waals surface area contributed by atoms with Crippen LogP contribution in [0.3, 0.4) is 0 Å². The first-order valence-electron chi connectivity index (χ1n) is 16.2. The highest BCUT2D eigenvalue weighted by molar-refractivity contribution is 6.07. The molecule has 1 amide bonds. The topological polar surface area (TPSA) is 114 Å². The minimum atomic E-state index is -0.620. The molecular formula is C35H35FN6O5. The maximum absolute atomic E-state index is 16.0. The first-order chi connectivity index (χ1) is 23.0. The SMILES string of the molecule is O=C(NCCCN1C=NCC1)c1cn2c3c(c(NCCCN4CCOCC4)c(F)cc3c1=O)Oc1cc3c(cc1-2)oc1ccccc13. The van der Waals surface area contributed by atoms with Gasteiger partial charge in [0.05, 0.1) is 37.2 Å². The summed E-state index contributed by atoms with van der Waals surface area (Å²) in [6, 6.07) is 12.6. The van der Waals surface area contributed by atoms with Gasteiger partial charge >= 0.3 is 0 Å². The lowest BCUT2D eigenvalue weighted by Gasteiger charge is -2.27. The molecule has 5 aromatic rings. The first-order valence-corrected chi connectivity index (χ1v) is 16.2. The fourth-order valence-corrected chi connectivity index (χ4v) is 6.67. The number of furan rings is 1. The molecule has 12 heteroatoms. The quantitative estimate of drug-likeness (QED) is 0.207. The monoisotopic (exact) mass is 638 g/mol. The van der Waals surface area contributed by atoms with Crippen molar-refractivity contribution in [2.24, 2.45) is 4.99 Å². The fourth-order valence-electron chi connectivity index (χ4n) is 6.67. The molecule has 3 aromatic carbocycles. The number of hydrogen-bond donors (Lipinski definition) is 2. The first kappa shape index (κ1) is 29.5. The zero-order chi connectivity index (χ0) is 31.9. The molecule has 0 bridgehead atoms. The van der Waals surface area contributed by atoms with Gasteiger partial charge in [0.15, 0.2) is 17.3 Å². The minimum Gasteiger partial charge on any atom is -0.456 e. The molecule has 0 saturated carbocycles. The number of pyridine rings is 1. The van der Waals surface area contributed by atoms with Crippen molar-refractivity contribution in [3.63, 3.8) is 0 Å². The van der Waals surface area contributed by atoms with E-state index in [4.69, 9.17) is 13.9 Å². The molecule has 242 valence electrons. The van der Waals surface area contributed by atoms with Crippen LogP contribution in [0.1, 0.15) is 23.2 Å². The molecule has 11 nitrogen and oxygen atoms in total. The standard InChI is InChI=1S/C35H35FN6O5/c36-26-17-24-32-34(31(26)38-7-3-10-40-13-15-45-16-14-40)47-30-18-23-22-5-1-2-6-28(22)46-29(23)19-27(30)42(32)20-25(33(24)43)35(44)39-8-4-11-41-12-9-37-21-41/h1-2,5-6,17-21,38H,3-4,7-16H2,(H,39,44). The Kier molecular flexibility index (Phi) is 7.74. The van der Waals surface area contributed by atoms with Crippen LogP contribution in [0.2, 0.25) is 0 Å². The van der Waals surface area contributed by atoms with Crippen molar-refractivity contribution in [1.82, 2.24) is 19.7 Å². The molecule has 8 rings (SSSR count). The van der Waals surface area contributed by atoms with Crippen LogP contribution in [0.15, 0.2) is 62.9 Å². The van der Waals surface area contributed by atoms with Crippen molar-refractivity contribution in [3.05, 3.63) is 70.3 Å². The van der Waals surface area contributed by atoms with Gasteiger partial charge in [0.2, 0.25) is 5.43 Å². The maximum atomic E-state index is 16.0. The molecule has 2 aromatic heterocycles. The Balaban J connectivity index is 1.17. The zero-order valence-corrected chi connectivity index (χ0v) is 25.9. The molecule has 0 unspecified atom stereocenters. The fraction of sp³-hybridized carbons (Fsp3) is 0.343. The molecule has 1 saturated heterocycles. The minimum absolute atomic E-state index is 0.0626. The molecule has 2 N–H and O–H groups in total. The Labute approximate surface area is 269 Å². The second kappa shape index (κ2) is 12.3. The zero-order valence-electron chi connectivity index (χ0n) is 25.9. The summed E-state index contributed by atoms with van der Waals surface area (Å²) in [7, 11) is 0. The van der Waals surface area contributed by atoms with E-state index in [-0.39, 0.29) is 22.4 Å². The summed E-state index contributed by atoms with van der Waals surface area (Å²) in [5.41, 5.74) is 1.87. The van der Waals surface area contributed by atoms with E-state index in [1.807, 2.05) is 42.7 Å². The van der Waals surface area contributed by atoms with Crippen molar-refractivity contribution in [2.75, 3.05) is 70.9 Å². The second-order valence-electron chi connectivity index (χ2n) is 12.1. The van der Waals surface area contributed by atoms with Crippen molar-refractivity contribution in [3.8, 4) is 17.2 Å². The normalized spacial score (nSPS) is 15.8. The largest absolute Gasteiger partial charge is 0.456 e. The van der Waals surface area contributed by atoms with E-state index in [1.165, 1.54) is 12.3 Å². The molecule has 0 atom stereocenters. The van der Waals surface area contributed by atoms with E-state index in [1.54, 1.807) is 4.57 Å². The highest BCUT2D eigenvalue weighted by Gasteiger charge is 2.29. The maximum Gasteiger partial charge on any atom is 0.256 e. The third-order valence-electron chi connectivity index (χ3n) is 9.10. The number of fused-ring (bicyclic) bond motifs is 5.